The normalized spacial score (nSPS) is 17.2. The third kappa shape index (κ3) is 5.22. The molecule has 1 aliphatic heterocycles. The van der Waals surface area contributed by atoms with Gasteiger partial charge in [-0.2, -0.15) is 0 Å². The maximum Gasteiger partial charge on any atom is 0.347 e. The minimum Gasteiger partial charge on any atom is -0.468 e. The van der Waals surface area contributed by atoms with Crippen LogP contribution in [0.1, 0.15) is 20.8 Å². The molecule has 0 atom stereocenters. The van der Waals surface area contributed by atoms with Crippen LogP contribution in [-0.4, -0.2) is 29.2 Å². The summed E-state index contributed by atoms with van der Waals surface area (Å²) in [5.41, 5.74) is -0.568. The van der Waals surface area contributed by atoms with Crippen molar-refractivity contribution < 1.29 is 19.1 Å². The Morgan fingerprint density at radius 2 is 1.74 bits per heavy atom. The fourth-order valence-electron chi connectivity index (χ4n) is 1.60. The highest BCUT2D eigenvalue weighted by Gasteiger charge is 2.38. The van der Waals surface area contributed by atoms with E-state index in [1.165, 1.54) is 42.4 Å². The van der Waals surface area contributed by atoms with Crippen LogP contribution >= 0.6 is 35.3 Å². The molecular formula is C16H18O4S3. The van der Waals surface area contributed by atoms with Gasteiger partial charge in [-0.15, -0.1) is 0 Å². The van der Waals surface area contributed by atoms with Crippen LogP contribution in [0.5, 0.6) is 0 Å². The maximum absolute atomic E-state index is 12.5. The van der Waals surface area contributed by atoms with Gasteiger partial charge in [-0.05, 0) is 32.9 Å². The molecule has 1 aromatic rings. The van der Waals surface area contributed by atoms with Gasteiger partial charge in [0.15, 0.2) is 4.58 Å². The summed E-state index contributed by atoms with van der Waals surface area (Å²) in [4.78, 5) is 25.5. The Kier molecular flexibility index (Phi) is 6.11. The number of esters is 2. The first-order chi connectivity index (χ1) is 10.8. The van der Waals surface area contributed by atoms with E-state index in [1.54, 1.807) is 0 Å². The number of ether oxygens (including phenoxy) is 2. The molecule has 0 bridgehead atoms. The first-order valence-corrected chi connectivity index (χ1v) is 9.49. The number of benzene rings is 1. The summed E-state index contributed by atoms with van der Waals surface area (Å²) >= 11 is 4.02. The predicted octanol–water partition coefficient (Wildman–Crippen LogP) is 4.27. The molecular weight excluding hydrogens is 352 g/mol. The van der Waals surface area contributed by atoms with E-state index in [1.807, 2.05) is 51.1 Å². The smallest absolute Gasteiger partial charge is 0.347 e. The Labute approximate surface area is 148 Å². The molecule has 124 valence electrons. The van der Waals surface area contributed by atoms with Crippen LogP contribution in [-0.2, 0) is 19.1 Å². The molecule has 1 fully saturated rings. The molecule has 0 unspecified atom stereocenters. The van der Waals surface area contributed by atoms with Crippen LogP contribution in [0.15, 0.2) is 44.4 Å². The van der Waals surface area contributed by atoms with Gasteiger partial charge in [0.2, 0.25) is 0 Å². The number of thioether (sulfide) groups is 3. The van der Waals surface area contributed by atoms with Crippen molar-refractivity contribution in [2.75, 3.05) is 7.11 Å². The van der Waals surface area contributed by atoms with E-state index in [0.29, 0.717) is 4.91 Å². The maximum atomic E-state index is 12.5. The van der Waals surface area contributed by atoms with Crippen LogP contribution in [0, 0.1) is 0 Å². The summed E-state index contributed by atoms with van der Waals surface area (Å²) in [6, 6.07) is 9.61. The second-order valence-electron chi connectivity index (χ2n) is 5.62. The lowest BCUT2D eigenvalue weighted by Gasteiger charge is -2.28. The van der Waals surface area contributed by atoms with E-state index in [0.717, 1.165) is 9.13 Å². The Balaban J connectivity index is 2.19. The molecule has 0 amide bonds. The van der Waals surface area contributed by atoms with Crippen molar-refractivity contribution in [2.24, 2.45) is 0 Å². The van der Waals surface area contributed by atoms with Gasteiger partial charge >= 0.3 is 11.9 Å². The summed E-state index contributed by atoms with van der Waals surface area (Å²) in [6.45, 7) is 5.50. The van der Waals surface area contributed by atoms with E-state index in [4.69, 9.17) is 9.47 Å². The Morgan fingerprint density at radius 3 is 2.26 bits per heavy atom. The zero-order valence-electron chi connectivity index (χ0n) is 13.3. The molecule has 23 heavy (non-hydrogen) atoms. The van der Waals surface area contributed by atoms with Gasteiger partial charge in [0, 0.05) is 4.90 Å². The van der Waals surface area contributed by atoms with Crippen molar-refractivity contribution in [1.82, 2.24) is 0 Å². The summed E-state index contributed by atoms with van der Waals surface area (Å²) in [7, 11) is 1.36. The Hall–Kier alpha value is -1.05. The van der Waals surface area contributed by atoms with E-state index in [2.05, 4.69) is 0 Å². The van der Waals surface area contributed by atoms with Gasteiger partial charge in [-0.1, -0.05) is 53.5 Å². The van der Waals surface area contributed by atoms with Crippen LogP contribution in [0.2, 0.25) is 0 Å². The molecule has 1 aliphatic rings. The van der Waals surface area contributed by atoms with Gasteiger partial charge < -0.3 is 9.47 Å². The van der Waals surface area contributed by atoms with Gasteiger partial charge in [0.25, 0.3) is 0 Å². The summed E-state index contributed by atoms with van der Waals surface area (Å²) in [5.74, 6) is -0.665. The van der Waals surface area contributed by atoms with Gasteiger partial charge in [-0.3, -0.25) is 0 Å². The molecule has 1 aromatic carbocycles. The van der Waals surface area contributed by atoms with Crippen molar-refractivity contribution in [3.8, 4) is 0 Å². The highest BCUT2D eigenvalue weighted by atomic mass is 32.3. The van der Waals surface area contributed by atoms with Crippen molar-refractivity contribution in [3.05, 3.63) is 39.5 Å². The minimum absolute atomic E-state index is 0.294. The monoisotopic (exact) mass is 370 g/mol. The number of carbonyl (C=O) groups is 2. The molecule has 1 heterocycles. The summed E-state index contributed by atoms with van der Waals surface area (Å²) in [5, 5.41) is 0. The number of methoxy groups -OCH3 is 1. The Morgan fingerprint density at radius 1 is 1.13 bits per heavy atom. The Bertz CT molecular complexity index is 612. The van der Waals surface area contributed by atoms with Crippen molar-refractivity contribution >= 4 is 47.2 Å². The zero-order valence-corrected chi connectivity index (χ0v) is 15.8. The molecule has 0 N–H and O–H groups in total. The van der Waals surface area contributed by atoms with Crippen LogP contribution in [0.4, 0.5) is 0 Å². The standard InChI is InChI=1S/C16H18O4S3/c1-16(2,3)20-12(17)11(21-10-8-6-5-7-9-10)14-22-15(23-14)13(18)19-4/h5-9,15H,1-4H3. The predicted molar refractivity (Wildman–Crippen MR) is 96.2 cm³/mol. The highest BCUT2D eigenvalue weighted by Crippen LogP contribution is 2.55. The molecule has 0 aromatic heterocycles. The molecule has 0 aliphatic carbocycles. The second-order valence-corrected chi connectivity index (χ2v) is 9.50. The zero-order chi connectivity index (χ0) is 17.0. The molecule has 0 spiro atoms. The summed E-state index contributed by atoms with van der Waals surface area (Å²) in [6.07, 6.45) is 0. The van der Waals surface area contributed by atoms with E-state index >= 15 is 0 Å². The second kappa shape index (κ2) is 7.68. The van der Waals surface area contributed by atoms with Gasteiger partial charge in [-0.25, -0.2) is 9.59 Å². The van der Waals surface area contributed by atoms with Crippen molar-refractivity contribution in [2.45, 2.75) is 35.8 Å². The first-order valence-electron chi connectivity index (χ1n) is 6.92. The fourth-order valence-corrected chi connectivity index (χ4v) is 4.91. The number of rotatable bonds is 4. The van der Waals surface area contributed by atoms with Gasteiger partial charge in [0.1, 0.15) is 10.5 Å². The molecule has 0 radical (unpaired) electrons. The van der Waals surface area contributed by atoms with Crippen molar-refractivity contribution in [3.63, 3.8) is 0 Å². The number of hydrogen-bond acceptors (Lipinski definition) is 7. The average molecular weight is 371 g/mol. The van der Waals surface area contributed by atoms with Crippen LogP contribution in [0.3, 0.4) is 0 Å². The minimum atomic E-state index is -0.568. The third-order valence-electron chi connectivity index (χ3n) is 2.55. The molecule has 1 saturated heterocycles. The summed E-state index contributed by atoms with van der Waals surface area (Å²) < 4.78 is 10.7. The molecule has 0 saturated carbocycles. The molecule has 2 rings (SSSR count). The van der Waals surface area contributed by atoms with Crippen molar-refractivity contribution in [1.29, 1.82) is 0 Å². The largest absolute Gasteiger partial charge is 0.468 e. The highest BCUT2D eigenvalue weighted by molar-refractivity contribution is 8.39. The van der Waals surface area contributed by atoms with E-state index in [9.17, 15) is 9.59 Å². The molecule has 7 heteroatoms. The quantitative estimate of drug-likeness (QED) is 0.446. The van der Waals surface area contributed by atoms with Crippen LogP contribution in [0.25, 0.3) is 0 Å². The average Bonchev–Trinajstić information content (AvgIpc) is 2.43. The lowest BCUT2D eigenvalue weighted by Crippen LogP contribution is -2.26. The lowest BCUT2D eigenvalue weighted by molar-refractivity contribution is -0.149. The fraction of sp³-hybridized carbons (Fsp3) is 0.375. The van der Waals surface area contributed by atoms with E-state index < -0.39 is 5.60 Å². The number of hydrogen-bond donors (Lipinski definition) is 0. The van der Waals surface area contributed by atoms with Crippen LogP contribution < -0.4 is 0 Å². The lowest BCUT2D eigenvalue weighted by atomic mass is 10.2. The third-order valence-corrected chi connectivity index (χ3v) is 6.70. The van der Waals surface area contributed by atoms with Gasteiger partial charge in [0.05, 0.1) is 11.3 Å². The van der Waals surface area contributed by atoms with E-state index in [-0.39, 0.29) is 16.5 Å². The topological polar surface area (TPSA) is 52.6 Å². The SMILES string of the molecule is COC(=O)C1SC(=C(Sc2ccccc2)C(=O)OC(C)(C)C)S1. The number of carbonyl (C=O) groups excluding carboxylic acids is 2. The first kappa shape index (κ1) is 18.3. The molecule has 4 nitrogen and oxygen atoms in total.